The molecular weight excluding hydrogens is 348 g/mol. The highest BCUT2D eigenvalue weighted by Gasteiger charge is 2.32. The zero-order valence-electron chi connectivity index (χ0n) is 17.0. The Kier molecular flexibility index (Phi) is 5.25. The number of rotatable bonds is 4. The van der Waals surface area contributed by atoms with E-state index in [2.05, 4.69) is 49.3 Å². The highest BCUT2D eigenvalue weighted by molar-refractivity contribution is 7.92. The Morgan fingerprint density at radius 3 is 2.15 bits per heavy atom. The van der Waals surface area contributed by atoms with Gasteiger partial charge in [-0.1, -0.05) is 0 Å². The molecule has 0 bridgehead atoms. The van der Waals surface area contributed by atoms with E-state index in [4.69, 9.17) is 0 Å². The smallest absolute Gasteiger partial charge is 0.200 e. The van der Waals surface area contributed by atoms with Crippen LogP contribution in [0.3, 0.4) is 0 Å². The Bertz CT molecular complexity index is 870. The third kappa shape index (κ3) is 4.09. The van der Waals surface area contributed by atoms with Crippen molar-refractivity contribution in [1.82, 2.24) is 14.8 Å². The van der Waals surface area contributed by atoms with Gasteiger partial charge in [0, 0.05) is 11.8 Å². The van der Waals surface area contributed by atoms with Crippen molar-refractivity contribution in [2.24, 2.45) is 0 Å². The monoisotopic (exact) mass is 378 g/mol. The molecule has 0 aromatic carbocycles. The number of hydrogen-bond acceptors (Lipinski definition) is 5. The molecule has 2 rings (SSSR count). The van der Waals surface area contributed by atoms with Crippen molar-refractivity contribution in [2.75, 3.05) is 5.32 Å². The second-order valence-electron chi connectivity index (χ2n) is 8.65. The summed E-state index contributed by atoms with van der Waals surface area (Å²) in [6.45, 7) is 15.4. The molecule has 26 heavy (non-hydrogen) atoms. The molecule has 0 saturated carbocycles. The van der Waals surface area contributed by atoms with E-state index in [1.54, 1.807) is 39.1 Å². The minimum absolute atomic E-state index is 0.0259. The summed E-state index contributed by atoms with van der Waals surface area (Å²) in [5, 5.41) is 8.07. The molecule has 2 aromatic heterocycles. The van der Waals surface area contributed by atoms with Crippen molar-refractivity contribution in [2.45, 2.75) is 76.7 Å². The first-order valence-electron chi connectivity index (χ1n) is 8.77. The molecule has 0 aliphatic carbocycles. The van der Waals surface area contributed by atoms with Crippen molar-refractivity contribution in [1.29, 1.82) is 0 Å². The lowest BCUT2D eigenvalue weighted by atomic mass is 10.1. The summed E-state index contributed by atoms with van der Waals surface area (Å²) >= 11 is 0. The second-order valence-corrected chi connectivity index (χ2v) is 11.3. The van der Waals surface area contributed by atoms with Crippen LogP contribution in [0.25, 0.3) is 0 Å². The fraction of sp³-hybridized carbons (Fsp3) is 0.579. The lowest BCUT2D eigenvalue weighted by Crippen LogP contribution is -2.28. The van der Waals surface area contributed by atoms with Crippen molar-refractivity contribution < 1.29 is 8.42 Å². The van der Waals surface area contributed by atoms with Gasteiger partial charge in [0.25, 0.3) is 0 Å². The van der Waals surface area contributed by atoms with E-state index < -0.39 is 14.6 Å². The molecule has 1 atom stereocenters. The van der Waals surface area contributed by atoms with Gasteiger partial charge in [0.05, 0.1) is 33.9 Å². The molecule has 144 valence electrons. The fourth-order valence-electron chi connectivity index (χ4n) is 2.51. The third-order valence-electron chi connectivity index (χ3n) is 4.29. The van der Waals surface area contributed by atoms with E-state index in [1.165, 1.54) is 0 Å². The van der Waals surface area contributed by atoms with Gasteiger partial charge in [-0.3, -0.25) is 4.68 Å². The van der Waals surface area contributed by atoms with Crippen LogP contribution < -0.4 is 5.32 Å². The maximum atomic E-state index is 12.5. The molecule has 0 radical (unpaired) electrons. The number of aromatic nitrogens is 3. The first kappa shape index (κ1) is 20.4. The number of aryl methyl sites for hydroxylation is 1. The zero-order valence-corrected chi connectivity index (χ0v) is 17.8. The van der Waals surface area contributed by atoms with Crippen molar-refractivity contribution in [3.63, 3.8) is 0 Å². The number of nitrogens with zero attached hydrogens (tertiary/aromatic N) is 3. The maximum absolute atomic E-state index is 12.5. The second kappa shape index (κ2) is 6.68. The molecule has 0 amide bonds. The van der Waals surface area contributed by atoms with Crippen LogP contribution in [0.15, 0.2) is 29.6 Å². The SMILES string of the molecule is Cc1nn(C(C)(C)C)cc1C(C)Nc1ccc(S(=O)(=O)C(C)(C)C)nc1. The van der Waals surface area contributed by atoms with Crippen molar-refractivity contribution in [3.05, 3.63) is 35.8 Å². The van der Waals surface area contributed by atoms with Crippen LogP contribution in [0.2, 0.25) is 0 Å². The summed E-state index contributed by atoms with van der Waals surface area (Å²) in [6, 6.07) is 3.34. The zero-order chi connectivity index (χ0) is 19.9. The third-order valence-corrected chi connectivity index (χ3v) is 6.70. The van der Waals surface area contributed by atoms with Gasteiger partial charge >= 0.3 is 0 Å². The summed E-state index contributed by atoms with van der Waals surface area (Å²) in [7, 11) is -3.45. The minimum atomic E-state index is -3.45. The van der Waals surface area contributed by atoms with Crippen LogP contribution in [-0.2, 0) is 15.4 Å². The van der Waals surface area contributed by atoms with Crippen molar-refractivity contribution in [3.8, 4) is 0 Å². The van der Waals surface area contributed by atoms with Crippen LogP contribution in [-0.4, -0.2) is 27.9 Å². The van der Waals surface area contributed by atoms with Crippen LogP contribution in [0, 0.1) is 6.92 Å². The predicted molar refractivity (Wildman–Crippen MR) is 105 cm³/mol. The van der Waals surface area contributed by atoms with Crippen LogP contribution in [0.1, 0.15) is 65.8 Å². The van der Waals surface area contributed by atoms with E-state index in [1.807, 2.05) is 11.6 Å². The summed E-state index contributed by atoms with van der Waals surface area (Å²) in [5.74, 6) is 0. The standard InChI is InChI=1S/C19H30N4O2S/c1-13(16-12-23(18(3,4)5)22-14(16)2)21-15-9-10-17(20-11-15)26(24,25)19(6,7)8/h9-13,21H,1-8H3. The Hall–Kier alpha value is -1.89. The van der Waals surface area contributed by atoms with E-state index in [9.17, 15) is 8.42 Å². The Morgan fingerprint density at radius 1 is 1.12 bits per heavy atom. The molecule has 0 fully saturated rings. The van der Waals surface area contributed by atoms with Gasteiger partial charge in [-0.2, -0.15) is 5.10 Å². The molecule has 6 nitrogen and oxygen atoms in total. The lowest BCUT2D eigenvalue weighted by molar-refractivity contribution is 0.354. The Labute approximate surface area is 157 Å². The number of anilines is 1. The van der Waals surface area contributed by atoms with Crippen LogP contribution in [0.5, 0.6) is 0 Å². The van der Waals surface area contributed by atoms with Gasteiger partial charge in [0.2, 0.25) is 0 Å². The summed E-state index contributed by atoms with van der Waals surface area (Å²) < 4.78 is 26.0. The number of pyridine rings is 1. The molecule has 2 aromatic rings. The van der Waals surface area contributed by atoms with E-state index in [0.29, 0.717) is 0 Å². The molecule has 2 heterocycles. The quantitative estimate of drug-likeness (QED) is 0.867. The predicted octanol–water partition coefficient (Wildman–Crippen LogP) is 4.09. The van der Waals surface area contributed by atoms with E-state index in [0.717, 1.165) is 16.9 Å². The summed E-state index contributed by atoms with van der Waals surface area (Å²) in [5.41, 5.74) is 2.77. The first-order chi connectivity index (χ1) is 11.7. The van der Waals surface area contributed by atoms with Crippen LogP contribution >= 0.6 is 0 Å². The molecule has 1 unspecified atom stereocenters. The largest absolute Gasteiger partial charge is 0.377 e. The molecule has 0 saturated heterocycles. The Morgan fingerprint density at radius 2 is 1.73 bits per heavy atom. The molecule has 0 aliphatic heterocycles. The summed E-state index contributed by atoms with van der Waals surface area (Å²) in [4.78, 5) is 4.16. The Balaban J connectivity index is 2.21. The highest BCUT2D eigenvalue weighted by Crippen LogP contribution is 2.26. The topological polar surface area (TPSA) is 76.9 Å². The molecule has 1 N–H and O–H groups in total. The van der Waals surface area contributed by atoms with Gasteiger partial charge in [0.1, 0.15) is 0 Å². The highest BCUT2D eigenvalue weighted by atomic mass is 32.2. The molecular formula is C19H30N4O2S. The first-order valence-corrected chi connectivity index (χ1v) is 10.3. The van der Waals surface area contributed by atoms with Gasteiger partial charge < -0.3 is 5.32 Å². The number of nitrogens with one attached hydrogen (secondary N) is 1. The van der Waals surface area contributed by atoms with Gasteiger partial charge in [-0.15, -0.1) is 0 Å². The van der Waals surface area contributed by atoms with Gasteiger partial charge in [0.15, 0.2) is 14.9 Å². The maximum Gasteiger partial charge on any atom is 0.200 e. The van der Waals surface area contributed by atoms with Gasteiger partial charge in [-0.25, -0.2) is 13.4 Å². The number of sulfone groups is 1. The molecule has 0 aliphatic rings. The van der Waals surface area contributed by atoms with Gasteiger partial charge in [-0.05, 0) is 67.5 Å². The lowest BCUT2D eigenvalue weighted by Gasteiger charge is -2.20. The fourth-order valence-corrected chi connectivity index (χ4v) is 3.57. The average Bonchev–Trinajstić information content (AvgIpc) is 2.89. The van der Waals surface area contributed by atoms with E-state index >= 15 is 0 Å². The van der Waals surface area contributed by atoms with Crippen LogP contribution in [0.4, 0.5) is 5.69 Å². The average molecular weight is 379 g/mol. The minimum Gasteiger partial charge on any atom is -0.377 e. The van der Waals surface area contributed by atoms with Crippen molar-refractivity contribution >= 4 is 15.5 Å². The summed E-state index contributed by atoms with van der Waals surface area (Å²) in [6.07, 6.45) is 3.62. The van der Waals surface area contributed by atoms with E-state index in [-0.39, 0.29) is 16.6 Å². The number of hydrogen-bond donors (Lipinski definition) is 1. The molecule has 7 heteroatoms. The normalized spacial score (nSPS) is 14.3. The molecule has 0 spiro atoms.